The van der Waals surface area contributed by atoms with Gasteiger partial charge in [-0.1, -0.05) is 15.9 Å². The van der Waals surface area contributed by atoms with Gasteiger partial charge in [0.2, 0.25) is 5.91 Å². The van der Waals surface area contributed by atoms with E-state index >= 15 is 0 Å². The molecule has 2 amide bonds. The molecule has 0 aliphatic heterocycles. The molecule has 0 saturated carbocycles. The van der Waals surface area contributed by atoms with Crippen LogP contribution >= 0.6 is 28.3 Å². The molecule has 0 saturated heterocycles. The van der Waals surface area contributed by atoms with Crippen molar-refractivity contribution in [1.29, 1.82) is 0 Å². The first-order valence-corrected chi connectivity index (χ1v) is 6.43. The molecular formula is C12H17BrClN3O2. The second-order valence-electron chi connectivity index (χ2n) is 3.65. The zero-order valence-corrected chi connectivity index (χ0v) is 12.7. The van der Waals surface area contributed by atoms with Crippen LogP contribution in [0.25, 0.3) is 0 Å². The zero-order chi connectivity index (χ0) is 13.4. The average molecular weight is 351 g/mol. The molecule has 1 aromatic carbocycles. The SMILES string of the molecule is Cl.NCCC(=O)NCCNC(=O)c1ccc(Br)cc1. The topological polar surface area (TPSA) is 84.2 Å². The second-order valence-corrected chi connectivity index (χ2v) is 4.57. The fourth-order valence-electron chi connectivity index (χ4n) is 1.30. The van der Waals surface area contributed by atoms with Crippen molar-refractivity contribution in [2.75, 3.05) is 19.6 Å². The van der Waals surface area contributed by atoms with Crippen molar-refractivity contribution in [2.24, 2.45) is 5.73 Å². The number of amides is 2. The van der Waals surface area contributed by atoms with E-state index in [1.54, 1.807) is 24.3 Å². The fourth-order valence-corrected chi connectivity index (χ4v) is 1.57. The van der Waals surface area contributed by atoms with Crippen molar-refractivity contribution >= 4 is 40.2 Å². The van der Waals surface area contributed by atoms with E-state index in [4.69, 9.17) is 5.73 Å². The Hall–Kier alpha value is -1.11. The summed E-state index contributed by atoms with van der Waals surface area (Å²) in [5.74, 6) is -0.258. The maximum Gasteiger partial charge on any atom is 0.251 e. The van der Waals surface area contributed by atoms with Crippen LogP contribution in [0.4, 0.5) is 0 Å². The molecule has 0 spiro atoms. The van der Waals surface area contributed by atoms with Gasteiger partial charge in [0.25, 0.3) is 5.91 Å². The zero-order valence-electron chi connectivity index (χ0n) is 10.3. The minimum atomic E-state index is -0.157. The Morgan fingerprint density at radius 1 is 1.11 bits per heavy atom. The maximum absolute atomic E-state index is 11.7. The molecule has 0 heterocycles. The number of nitrogens with two attached hydrogens (primary N) is 1. The Morgan fingerprint density at radius 3 is 2.26 bits per heavy atom. The summed E-state index contributed by atoms with van der Waals surface area (Å²) < 4.78 is 0.924. The van der Waals surface area contributed by atoms with Crippen LogP contribution in [0.3, 0.4) is 0 Å². The Balaban J connectivity index is 0.00000324. The van der Waals surface area contributed by atoms with E-state index in [1.807, 2.05) is 0 Å². The molecule has 0 aromatic heterocycles. The first-order valence-electron chi connectivity index (χ1n) is 5.64. The summed E-state index contributed by atoms with van der Waals surface area (Å²) in [4.78, 5) is 22.8. The molecule has 19 heavy (non-hydrogen) atoms. The van der Waals surface area contributed by atoms with Gasteiger partial charge in [0.15, 0.2) is 0 Å². The lowest BCUT2D eigenvalue weighted by Gasteiger charge is -2.06. The highest BCUT2D eigenvalue weighted by Crippen LogP contribution is 2.10. The summed E-state index contributed by atoms with van der Waals surface area (Å²) in [5.41, 5.74) is 5.83. The second kappa shape index (κ2) is 9.77. The average Bonchev–Trinajstić information content (AvgIpc) is 2.35. The number of halogens is 2. The molecule has 1 aromatic rings. The highest BCUT2D eigenvalue weighted by molar-refractivity contribution is 9.10. The highest BCUT2D eigenvalue weighted by atomic mass is 79.9. The Kier molecular flexibility index (Phi) is 9.20. The Bertz CT molecular complexity index is 412. The predicted molar refractivity (Wildman–Crippen MR) is 80.4 cm³/mol. The van der Waals surface area contributed by atoms with Crippen molar-refractivity contribution < 1.29 is 9.59 Å². The number of rotatable bonds is 6. The van der Waals surface area contributed by atoms with E-state index in [1.165, 1.54) is 0 Å². The van der Waals surface area contributed by atoms with Gasteiger partial charge >= 0.3 is 0 Å². The van der Waals surface area contributed by atoms with E-state index in [2.05, 4.69) is 26.6 Å². The molecule has 0 atom stereocenters. The van der Waals surface area contributed by atoms with Gasteiger partial charge in [0.05, 0.1) is 0 Å². The van der Waals surface area contributed by atoms with E-state index < -0.39 is 0 Å². The summed E-state index contributed by atoms with van der Waals surface area (Å²) in [6.07, 6.45) is 0.306. The molecule has 0 bridgehead atoms. The molecular weight excluding hydrogens is 334 g/mol. The first kappa shape index (κ1) is 17.9. The monoisotopic (exact) mass is 349 g/mol. The molecule has 5 nitrogen and oxygen atoms in total. The van der Waals surface area contributed by atoms with Crippen LogP contribution in [0.15, 0.2) is 28.7 Å². The first-order chi connectivity index (χ1) is 8.63. The van der Waals surface area contributed by atoms with Crippen LogP contribution in [-0.2, 0) is 4.79 Å². The Morgan fingerprint density at radius 2 is 1.68 bits per heavy atom. The number of benzene rings is 1. The molecule has 0 unspecified atom stereocenters. The van der Waals surface area contributed by atoms with E-state index in [0.717, 1.165) is 4.47 Å². The standard InChI is InChI=1S/C12H16BrN3O2.ClH/c13-10-3-1-9(2-4-10)12(18)16-8-7-15-11(17)5-6-14;/h1-4H,5-8,14H2,(H,15,17)(H,16,18);1H. The normalized spacial score (nSPS) is 9.37. The fraction of sp³-hybridized carbons (Fsp3) is 0.333. The van der Waals surface area contributed by atoms with Crippen molar-refractivity contribution in [3.8, 4) is 0 Å². The summed E-state index contributed by atoms with van der Waals surface area (Å²) in [5, 5.41) is 5.37. The third-order valence-electron chi connectivity index (χ3n) is 2.21. The van der Waals surface area contributed by atoms with Gasteiger partial charge in [-0.3, -0.25) is 9.59 Å². The van der Waals surface area contributed by atoms with Crippen molar-refractivity contribution in [2.45, 2.75) is 6.42 Å². The van der Waals surface area contributed by atoms with E-state index in [-0.39, 0.29) is 24.2 Å². The summed E-state index contributed by atoms with van der Waals surface area (Å²) in [7, 11) is 0. The third kappa shape index (κ3) is 7.15. The molecule has 4 N–H and O–H groups in total. The van der Waals surface area contributed by atoms with E-state index in [0.29, 0.717) is 31.6 Å². The lowest BCUT2D eigenvalue weighted by molar-refractivity contribution is -0.120. The number of carbonyl (C=O) groups is 2. The molecule has 106 valence electrons. The summed E-state index contributed by atoms with van der Waals surface area (Å²) in [6, 6.07) is 7.06. The summed E-state index contributed by atoms with van der Waals surface area (Å²) >= 11 is 3.30. The van der Waals surface area contributed by atoms with Crippen molar-refractivity contribution in [3.63, 3.8) is 0 Å². The van der Waals surface area contributed by atoms with Crippen LogP contribution < -0.4 is 16.4 Å². The maximum atomic E-state index is 11.7. The lowest BCUT2D eigenvalue weighted by Crippen LogP contribution is -2.35. The van der Waals surface area contributed by atoms with Crippen molar-refractivity contribution in [1.82, 2.24) is 10.6 Å². The number of carbonyl (C=O) groups excluding carboxylic acids is 2. The molecule has 1 rings (SSSR count). The van der Waals surface area contributed by atoms with Gasteiger partial charge in [0, 0.05) is 36.1 Å². The number of hydrogen-bond acceptors (Lipinski definition) is 3. The summed E-state index contributed by atoms with van der Waals surface area (Å²) in [6.45, 7) is 1.13. The Labute approximate surface area is 126 Å². The van der Waals surface area contributed by atoms with E-state index in [9.17, 15) is 9.59 Å². The largest absolute Gasteiger partial charge is 0.354 e. The van der Waals surface area contributed by atoms with Gasteiger partial charge in [-0.2, -0.15) is 0 Å². The number of hydrogen-bond donors (Lipinski definition) is 3. The van der Waals surface area contributed by atoms with Crippen LogP contribution in [-0.4, -0.2) is 31.4 Å². The van der Waals surface area contributed by atoms with Crippen LogP contribution in [0.1, 0.15) is 16.8 Å². The molecule has 0 aliphatic carbocycles. The number of nitrogens with one attached hydrogen (secondary N) is 2. The van der Waals surface area contributed by atoms with Gasteiger partial charge in [0.1, 0.15) is 0 Å². The lowest BCUT2D eigenvalue weighted by atomic mass is 10.2. The van der Waals surface area contributed by atoms with Gasteiger partial charge in [-0.05, 0) is 24.3 Å². The van der Waals surface area contributed by atoms with Crippen LogP contribution in [0.2, 0.25) is 0 Å². The molecule has 0 aliphatic rings. The minimum absolute atomic E-state index is 0. The van der Waals surface area contributed by atoms with Crippen LogP contribution in [0, 0.1) is 0 Å². The van der Waals surface area contributed by atoms with Gasteiger partial charge in [-0.15, -0.1) is 12.4 Å². The quantitative estimate of drug-likeness (QED) is 0.671. The minimum Gasteiger partial charge on any atom is -0.354 e. The highest BCUT2D eigenvalue weighted by Gasteiger charge is 2.04. The van der Waals surface area contributed by atoms with Crippen LogP contribution in [0.5, 0.6) is 0 Å². The molecule has 7 heteroatoms. The smallest absolute Gasteiger partial charge is 0.251 e. The van der Waals surface area contributed by atoms with Gasteiger partial charge in [-0.25, -0.2) is 0 Å². The van der Waals surface area contributed by atoms with Crippen molar-refractivity contribution in [3.05, 3.63) is 34.3 Å². The predicted octanol–water partition coefficient (Wildman–Crippen LogP) is 1.07. The third-order valence-corrected chi connectivity index (χ3v) is 2.74. The molecule has 0 fully saturated rings. The molecule has 0 radical (unpaired) electrons. The van der Waals surface area contributed by atoms with Gasteiger partial charge < -0.3 is 16.4 Å².